The van der Waals surface area contributed by atoms with E-state index in [1.165, 1.54) is 0 Å². The van der Waals surface area contributed by atoms with Crippen LogP contribution in [0.15, 0.2) is 0 Å². The maximum absolute atomic E-state index is 11.0. The molecule has 0 aliphatic rings. The molecular weight excluding hydrogens is 214 g/mol. The molecular formula is C10H17NO5. The van der Waals surface area contributed by atoms with Gasteiger partial charge in [0.2, 0.25) is 5.91 Å². The number of amides is 1. The zero-order valence-electron chi connectivity index (χ0n) is 9.32. The third kappa shape index (κ3) is 8.98. The quantitative estimate of drug-likeness (QED) is 0.463. The average Bonchev–Trinajstić information content (AvgIpc) is 2.22. The lowest BCUT2D eigenvalue weighted by Crippen LogP contribution is -2.27. The summed E-state index contributed by atoms with van der Waals surface area (Å²) in [5, 5.41) is 10.9. The molecule has 0 bridgehead atoms. The first kappa shape index (κ1) is 14.4. The first-order valence-corrected chi connectivity index (χ1v) is 5.20. The van der Waals surface area contributed by atoms with Crippen LogP contribution in [-0.2, 0) is 19.1 Å². The van der Waals surface area contributed by atoms with E-state index >= 15 is 0 Å². The highest BCUT2D eigenvalue weighted by atomic mass is 16.5. The van der Waals surface area contributed by atoms with Crippen molar-refractivity contribution in [3.05, 3.63) is 0 Å². The fourth-order valence-corrected chi connectivity index (χ4v) is 0.952. The standard InChI is InChI=1S/C10H17NO5/c1-2-3-8(12)11-6-7-16-10(15)5-4-9(13)14/h2-7H2,1H3,(H,11,12)(H,13,14). The second kappa shape index (κ2) is 8.70. The Hall–Kier alpha value is -1.59. The summed E-state index contributed by atoms with van der Waals surface area (Å²) >= 11 is 0. The van der Waals surface area contributed by atoms with E-state index < -0.39 is 11.9 Å². The van der Waals surface area contributed by atoms with Gasteiger partial charge in [-0.3, -0.25) is 14.4 Å². The van der Waals surface area contributed by atoms with E-state index in [1.54, 1.807) is 0 Å². The molecule has 0 saturated carbocycles. The summed E-state index contributed by atoms with van der Waals surface area (Å²) in [6.45, 7) is 2.23. The number of carboxylic acids is 1. The molecule has 0 aromatic rings. The van der Waals surface area contributed by atoms with Crippen molar-refractivity contribution >= 4 is 17.8 Å². The van der Waals surface area contributed by atoms with Gasteiger partial charge in [-0.15, -0.1) is 0 Å². The Morgan fingerprint density at radius 1 is 1.19 bits per heavy atom. The third-order valence-corrected chi connectivity index (χ3v) is 1.71. The maximum atomic E-state index is 11.0. The van der Waals surface area contributed by atoms with Crippen molar-refractivity contribution in [2.75, 3.05) is 13.2 Å². The molecule has 6 heteroatoms. The number of carbonyl (C=O) groups is 3. The van der Waals surface area contributed by atoms with Crippen molar-refractivity contribution in [2.24, 2.45) is 0 Å². The van der Waals surface area contributed by atoms with E-state index in [1.807, 2.05) is 6.92 Å². The van der Waals surface area contributed by atoms with Crippen LogP contribution in [-0.4, -0.2) is 36.1 Å². The van der Waals surface area contributed by atoms with Crippen molar-refractivity contribution in [3.63, 3.8) is 0 Å². The monoisotopic (exact) mass is 231 g/mol. The zero-order chi connectivity index (χ0) is 12.4. The molecule has 6 nitrogen and oxygen atoms in total. The number of hydrogen-bond donors (Lipinski definition) is 2. The summed E-state index contributed by atoms with van der Waals surface area (Å²) in [6, 6.07) is 0. The van der Waals surface area contributed by atoms with Crippen LogP contribution in [0.5, 0.6) is 0 Å². The van der Waals surface area contributed by atoms with Gasteiger partial charge in [0.05, 0.1) is 19.4 Å². The van der Waals surface area contributed by atoms with Gasteiger partial charge in [-0.25, -0.2) is 0 Å². The average molecular weight is 231 g/mol. The molecule has 0 aromatic heterocycles. The lowest BCUT2D eigenvalue weighted by molar-refractivity contribution is -0.147. The predicted molar refractivity (Wildman–Crippen MR) is 55.7 cm³/mol. The first-order valence-electron chi connectivity index (χ1n) is 5.20. The molecule has 0 heterocycles. The zero-order valence-corrected chi connectivity index (χ0v) is 9.32. The Bertz CT molecular complexity index is 252. The van der Waals surface area contributed by atoms with E-state index in [-0.39, 0.29) is 31.9 Å². The summed E-state index contributed by atoms with van der Waals surface area (Å²) in [6.07, 6.45) is 0.844. The fraction of sp³-hybridized carbons (Fsp3) is 0.700. The Morgan fingerprint density at radius 2 is 1.88 bits per heavy atom. The Labute approximate surface area is 94.0 Å². The highest BCUT2D eigenvalue weighted by Gasteiger charge is 2.06. The molecule has 0 saturated heterocycles. The van der Waals surface area contributed by atoms with E-state index in [2.05, 4.69) is 5.32 Å². The van der Waals surface area contributed by atoms with E-state index in [4.69, 9.17) is 9.84 Å². The molecule has 0 spiro atoms. The summed E-state index contributed by atoms with van der Waals surface area (Å²) in [4.78, 5) is 32.0. The van der Waals surface area contributed by atoms with Crippen LogP contribution in [0.3, 0.4) is 0 Å². The molecule has 0 aromatic carbocycles. The summed E-state index contributed by atoms with van der Waals surface area (Å²) in [5.41, 5.74) is 0. The van der Waals surface area contributed by atoms with Crippen LogP contribution in [0.2, 0.25) is 0 Å². The molecule has 92 valence electrons. The predicted octanol–water partition coefficient (Wildman–Crippen LogP) is 0.311. The summed E-state index contributed by atoms with van der Waals surface area (Å²) < 4.78 is 4.70. The maximum Gasteiger partial charge on any atom is 0.306 e. The summed E-state index contributed by atoms with van der Waals surface area (Å²) in [7, 11) is 0. The van der Waals surface area contributed by atoms with Crippen molar-refractivity contribution < 1.29 is 24.2 Å². The van der Waals surface area contributed by atoms with Gasteiger partial charge in [0, 0.05) is 6.42 Å². The largest absolute Gasteiger partial charge is 0.481 e. The highest BCUT2D eigenvalue weighted by Crippen LogP contribution is 1.92. The third-order valence-electron chi connectivity index (χ3n) is 1.71. The van der Waals surface area contributed by atoms with Gasteiger partial charge in [0.1, 0.15) is 6.61 Å². The smallest absolute Gasteiger partial charge is 0.306 e. The Morgan fingerprint density at radius 3 is 2.44 bits per heavy atom. The Balaban J connectivity index is 3.40. The van der Waals surface area contributed by atoms with Crippen LogP contribution in [0.4, 0.5) is 0 Å². The molecule has 2 N–H and O–H groups in total. The van der Waals surface area contributed by atoms with Crippen molar-refractivity contribution in [1.29, 1.82) is 0 Å². The van der Waals surface area contributed by atoms with Crippen LogP contribution >= 0.6 is 0 Å². The number of nitrogens with one attached hydrogen (secondary N) is 1. The van der Waals surface area contributed by atoms with Gasteiger partial charge in [-0.2, -0.15) is 0 Å². The molecule has 0 fully saturated rings. The van der Waals surface area contributed by atoms with Gasteiger partial charge in [0.15, 0.2) is 0 Å². The van der Waals surface area contributed by atoms with E-state index in [0.717, 1.165) is 6.42 Å². The van der Waals surface area contributed by atoms with Gasteiger partial charge < -0.3 is 15.2 Å². The lowest BCUT2D eigenvalue weighted by Gasteiger charge is -2.05. The number of rotatable bonds is 8. The minimum absolute atomic E-state index is 0.0773. The molecule has 0 radical (unpaired) electrons. The van der Waals surface area contributed by atoms with Crippen LogP contribution in [0, 0.1) is 0 Å². The number of esters is 1. The van der Waals surface area contributed by atoms with Crippen molar-refractivity contribution in [2.45, 2.75) is 32.6 Å². The highest BCUT2D eigenvalue weighted by molar-refractivity contribution is 5.77. The number of hydrogen-bond acceptors (Lipinski definition) is 4. The van der Waals surface area contributed by atoms with Crippen molar-refractivity contribution in [3.8, 4) is 0 Å². The van der Waals surface area contributed by atoms with E-state index in [9.17, 15) is 14.4 Å². The minimum Gasteiger partial charge on any atom is -0.481 e. The van der Waals surface area contributed by atoms with Crippen LogP contribution < -0.4 is 5.32 Å². The molecule has 0 atom stereocenters. The molecule has 16 heavy (non-hydrogen) atoms. The van der Waals surface area contributed by atoms with Crippen molar-refractivity contribution in [1.82, 2.24) is 5.32 Å². The minimum atomic E-state index is -1.03. The second-order valence-corrected chi connectivity index (χ2v) is 3.21. The van der Waals surface area contributed by atoms with Gasteiger partial charge >= 0.3 is 11.9 Å². The molecule has 1 amide bonds. The molecule has 0 aliphatic heterocycles. The SMILES string of the molecule is CCCC(=O)NCCOC(=O)CCC(=O)O. The molecule has 0 rings (SSSR count). The normalized spacial score (nSPS) is 9.56. The fourth-order valence-electron chi connectivity index (χ4n) is 0.952. The second-order valence-electron chi connectivity index (χ2n) is 3.21. The van der Waals surface area contributed by atoms with E-state index in [0.29, 0.717) is 6.42 Å². The first-order chi connectivity index (χ1) is 7.56. The van der Waals surface area contributed by atoms with Gasteiger partial charge in [0.25, 0.3) is 0 Å². The molecule has 0 aliphatic carbocycles. The number of aliphatic carboxylic acids is 1. The number of carbonyl (C=O) groups excluding carboxylic acids is 2. The van der Waals surface area contributed by atoms with Crippen LogP contribution in [0.25, 0.3) is 0 Å². The number of ether oxygens (including phenoxy) is 1. The van der Waals surface area contributed by atoms with Gasteiger partial charge in [-0.05, 0) is 6.42 Å². The summed E-state index contributed by atoms with van der Waals surface area (Å²) in [5.74, 6) is -1.68. The lowest BCUT2D eigenvalue weighted by atomic mass is 10.3. The Kier molecular flexibility index (Phi) is 7.83. The number of carboxylic acid groups (broad SMARTS) is 1. The molecule has 0 unspecified atom stereocenters. The van der Waals surface area contributed by atoms with Crippen LogP contribution in [0.1, 0.15) is 32.6 Å². The topological polar surface area (TPSA) is 92.7 Å². The van der Waals surface area contributed by atoms with Gasteiger partial charge in [-0.1, -0.05) is 6.92 Å².